The average molecular weight is 240 g/mol. The molecule has 3 nitrogen and oxygen atoms in total. The fourth-order valence-corrected chi connectivity index (χ4v) is 3.50. The Kier molecular flexibility index (Phi) is 3.33. The molecule has 2 atom stereocenters. The SMILES string of the molecule is CCNC1(c2nc(C)c(C)s2)CCOC1C. The Morgan fingerprint density at radius 3 is 2.75 bits per heavy atom. The Balaban J connectivity index is 2.39. The van der Waals surface area contributed by atoms with Crippen LogP contribution in [0, 0.1) is 13.8 Å². The molecule has 0 aliphatic carbocycles. The van der Waals surface area contributed by atoms with Crippen molar-refractivity contribution in [1.29, 1.82) is 0 Å². The van der Waals surface area contributed by atoms with Gasteiger partial charge in [-0.05, 0) is 33.7 Å². The van der Waals surface area contributed by atoms with Crippen LogP contribution in [0.25, 0.3) is 0 Å². The maximum absolute atomic E-state index is 5.73. The standard InChI is InChI=1S/C12H20N2OS/c1-5-13-12(6-7-15-10(12)4)11-14-8(2)9(3)16-11/h10,13H,5-7H2,1-4H3. The zero-order valence-corrected chi connectivity index (χ0v) is 11.3. The van der Waals surface area contributed by atoms with Crippen LogP contribution in [0.5, 0.6) is 0 Å². The minimum absolute atomic E-state index is 0.0571. The number of hydrogen-bond acceptors (Lipinski definition) is 4. The van der Waals surface area contributed by atoms with E-state index in [-0.39, 0.29) is 11.6 Å². The first-order valence-corrected chi connectivity index (χ1v) is 6.73. The molecule has 2 rings (SSSR count). The summed E-state index contributed by atoms with van der Waals surface area (Å²) in [6, 6.07) is 0. The Morgan fingerprint density at radius 1 is 1.56 bits per heavy atom. The quantitative estimate of drug-likeness (QED) is 0.881. The van der Waals surface area contributed by atoms with Gasteiger partial charge in [-0.1, -0.05) is 6.92 Å². The zero-order chi connectivity index (χ0) is 11.8. The number of nitrogens with zero attached hydrogens (tertiary/aromatic N) is 1. The molecule has 0 amide bonds. The summed E-state index contributed by atoms with van der Waals surface area (Å²) in [6.07, 6.45) is 1.23. The van der Waals surface area contributed by atoms with E-state index in [1.54, 1.807) is 11.3 Å². The van der Waals surface area contributed by atoms with E-state index in [1.165, 1.54) is 9.88 Å². The van der Waals surface area contributed by atoms with E-state index in [1.807, 2.05) is 0 Å². The summed E-state index contributed by atoms with van der Waals surface area (Å²) in [5.74, 6) is 0. The van der Waals surface area contributed by atoms with Crippen LogP contribution in [0.1, 0.15) is 35.8 Å². The molecule has 0 bridgehead atoms. The van der Waals surface area contributed by atoms with Crippen molar-refractivity contribution in [2.45, 2.75) is 45.8 Å². The predicted molar refractivity (Wildman–Crippen MR) is 67.0 cm³/mol. The second kappa shape index (κ2) is 4.43. The highest BCUT2D eigenvalue weighted by Gasteiger charge is 2.44. The van der Waals surface area contributed by atoms with Gasteiger partial charge in [-0.25, -0.2) is 4.98 Å². The summed E-state index contributed by atoms with van der Waals surface area (Å²) in [4.78, 5) is 6.02. The number of ether oxygens (including phenoxy) is 1. The van der Waals surface area contributed by atoms with E-state index in [0.29, 0.717) is 0 Å². The molecular formula is C12H20N2OS. The molecule has 2 unspecified atom stereocenters. The predicted octanol–water partition coefficient (Wildman–Crippen LogP) is 2.37. The second-order valence-electron chi connectivity index (χ2n) is 4.43. The first-order valence-electron chi connectivity index (χ1n) is 5.91. The van der Waals surface area contributed by atoms with Crippen LogP contribution in [0.2, 0.25) is 0 Å². The van der Waals surface area contributed by atoms with Gasteiger partial charge >= 0.3 is 0 Å². The van der Waals surface area contributed by atoms with Crippen LogP contribution < -0.4 is 5.32 Å². The minimum atomic E-state index is -0.0571. The lowest BCUT2D eigenvalue weighted by molar-refractivity contribution is 0.0825. The Hall–Kier alpha value is -0.450. The molecule has 0 aromatic carbocycles. The van der Waals surface area contributed by atoms with Crippen molar-refractivity contribution in [3.8, 4) is 0 Å². The lowest BCUT2D eigenvalue weighted by Gasteiger charge is -2.31. The van der Waals surface area contributed by atoms with Crippen LogP contribution in [-0.2, 0) is 10.3 Å². The highest BCUT2D eigenvalue weighted by atomic mass is 32.1. The van der Waals surface area contributed by atoms with Crippen LogP contribution >= 0.6 is 11.3 Å². The summed E-state index contributed by atoms with van der Waals surface area (Å²) in [6.45, 7) is 10.3. The summed E-state index contributed by atoms with van der Waals surface area (Å²) >= 11 is 1.80. The fourth-order valence-electron chi connectivity index (χ4n) is 2.31. The monoisotopic (exact) mass is 240 g/mol. The van der Waals surface area contributed by atoms with E-state index in [9.17, 15) is 0 Å². The number of aryl methyl sites for hydroxylation is 2. The number of hydrogen-bond donors (Lipinski definition) is 1. The first-order chi connectivity index (χ1) is 7.60. The summed E-state index contributed by atoms with van der Waals surface area (Å²) < 4.78 is 5.73. The van der Waals surface area contributed by atoms with Gasteiger partial charge in [0.05, 0.1) is 17.3 Å². The minimum Gasteiger partial charge on any atom is -0.376 e. The molecule has 1 aliphatic rings. The Labute approximate surface area is 101 Å². The van der Waals surface area contributed by atoms with E-state index in [0.717, 1.165) is 25.3 Å². The molecule has 4 heteroatoms. The lowest BCUT2D eigenvalue weighted by atomic mass is 9.92. The molecule has 90 valence electrons. The molecule has 1 aromatic heterocycles. The maximum Gasteiger partial charge on any atom is 0.116 e. The van der Waals surface area contributed by atoms with Crippen molar-refractivity contribution in [1.82, 2.24) is 10.3 Å². The number of thiazole rings is 1. The first kappa shape index (κ1) is 12.0. The molecule has 1 saturated heterocycles. The highest BCUT2D eigenvalue weighted by Crippen LogP contribution is 2.38. The zero-order valence-electron chi connectivity index (χ0n) is 10.5. The van der Waals surface area contributed by atoms with E-state index < -0.39 is 0 Å². The third-order valence-corrected chi connectivity index (χ3v) is 4.71. The van der Waals surface area contributed by atoms with E-state index in [2.05, 4.69) is 33.0 Å². The lowest BCUT2D eigenvalue weighted by Crippen LogP contribution is -2.47. The number of rotatable bonds is 3. The molecule has 1 aromatic rings. The largest absolute Gasteiger partial charge is 0.376 e. The number of nitrogens with one attached hydrogen (secondary N) is 1. The van der Waals surface area contributed by atoms with Crippen molar-refractivity contribution in [3.63, 3.8) is 0 Å². The van der Waals surface area contributed by atoms with Crippen LogP contribution in [0.15, 0.2) is 0 Å². The number of likely N-dealkylation sites (N-methyl/N-ethyl adjacent to an activating group) is 1. The Bertz CT molecular complexity index is 358. The fraction of sp³-hybridized carbons (Fsp3) is 0.750. The van der Waals surface area contributed by atoms with Gasteiger partial charge in [0, 0.05) is 11.5 Å². The van der Waals surface area contributed by atoms with Gasteiger partial charge in [-0.15, -0.1) is 11.3 Å². The molecule has 2 heterocycles. The van der Waals surface area contributed by atoms with Gasteiger partial charge in [0.1, 0.15) is 5.01 Å². The van der Waals surface area contributed by atoms with Gasteiger partial charge in [-0.3, -0.25) is 0 Å². The van der Waals surface area contributed by atoms with Gasteiger partial charge < -0.3 is 10.1 Å². The summed E-state index contributed by atoms with van der Waals surface area (Å²) in [5, 5.41) is 4.78. The normalized spacial score (nSPS) is 29.9. The van der Waals surface area contributed by atoms with E-state index >= 15 is 0 Å². The second-order valence-corrected chi connectivity index (χ2v) is 5.63. The van der Waals surface area contributed by atoms with Crippen molar-refractivity contribution in [3.05, 3.63) is 15.6 Å². The molecule has 16 heavy (non-hydrogen) atoms. The molecule has 1 fully saturated rings. The molecule has 0 saturated carbocycles. The molecule has 0 spiro atoms. The smallest absolute Gasteiger partial charge is 0.116 e. The summed E-state index contributed by atoms with van der Waals surface area (Å²) in [7, 11) is 0. The molecule has 1 aliphatic heterocycles. The molecular weight excluding hydrogens is 220 g/mol. The van der Waals surface area contributed by atoms with Crippen molar-refractivity contribution in [2.24, 2.45) is 0 Å². The maximum atomic E-state index is 5.73. The number of aromatic nitrogens is 1. The topological polar surface area (TPSA) is 34.2 Å². The van der Waals surface area contributed by atoms with Gasteiger partial charge in [-0.2, -0.15) is 0 Å². The summed E-state index contributed by atoms with van der Waals surface area (Å²) in [5.41, 5.74) is 1.09. The van der Waals surface area contributed by atoms with Gasteiger partial charge in [0.15, 0.2) is 0 Å². The third kappa shape index (κ3) is 1.79. The van der Waals surface area contributed by atoms with Gasteiger partial charge in [0.2, 0.25) is 0 Å². The van der Waals surface area contributed by atoms with Crippen molar-refractivity contribution in [2.75, 3.05) is 13.2 Å². The average Bonchev–Trinajstić information content (AvgIpc) is 2.75. The van der Waals surface area contributed by atoms with Crippen LogP contribution in [0.4, 0.5) is 0 Å². The third-order valence-electron chi connectivity index (χ3n) is 3.46. The van der Waals surface area contributed by atoms with Crippen LogP contribution in [-0.4, -0.2) is 24.2 Å². The van der Waals surface area contributed by atoms with E-state index in [4.69, 9.17) is 9.72 Å². The van der Waals surface area contributed by atoms with Crippen LogP contribution in [0.3, 0.4) is 0 Å². The van der Waals surface area contributed by atoms with Crippen molar-refractivity contribution < 1.29 is 4.74 Å². The highest BCUT2D eigenvalue weighted by molar-refractivity contribution is 7.11. The van der Waals surface area contributed by atoms with Gasteiger partial charge in [0.25, 0.3) is 0 Å². The molecule has 1 N–H and O–H groups in total. The molecule has 0 radical (unpaired) electrons. The Morgan fingerprint density at radius 2 is 2.31 bits per heavy atom. The van der Waals surface area contributed by atoms with Crippen molar-refractivity contribution >= 4 is 11.3 Å².